The normalized spacial score (nSPS) is 10.2. The second kappa shape index (κ2) is 6.77. The molecule has 0 aliphatic rings. The number of hydrogen-bond acceptors (Lipinski definition) is 3. The van der Waals surface area contributed by atoms with Crippen molar-refractivity contribution in [1.82, 2.24) is 5.32 Å². The Bertz CT molecular complexity index is 463. The summed E-state index contributed by atoms with van der Waals surface area (Å²) in [6.07, 6.45) is 0. The predicted molar refractivity (Wildman–Crippen MR) is 68.9 cm³/mol. The highest BCUT2D eigenvalue weighted by atomic mass is 19.1. The SMILES string of the molecule is C=C(CNC(C)C)COc1cccc(F)c1C#N. The Morgan fingerprint density at radius 1 is 1.56 bits per heavy atom. The molecule has 0 unspecified atom stereocenters. The standard InChI is InChI=1S/C14H17FN2O/c1-10(2)17-8-11(3)9-18-14-6-4-5-13(15)12(14)7-16/h4-6,10,17H,3,8-9H2,1-2H3. The molecule has 0 bridgehead atoms. The summed E-state index contributed by atoms with van der Waals surface area (Å²) in [6.45, 7) is 8.82. The van der Waals surface area contributed by atoms with Crippen LogP contribution in [0.25, 0.3) is 0 Å². The van der Waals surface area contributed by atoms with E-state index in [0.717, 1.165) is 5.57 Å². The average Bonchev–Trinajstić information content (AvgIpc) is 2.33. The van der Waals surface area contributed by atoms with Crippen molar-refractivity contribution in [3.63, 3.8) is 0 Å². The molecule has 0 spiro atoms. The van der Waals surface area contributed by atoms with E-state index in [0.29, 0.717) is 12.6 Å². The highest BCUT2D eigenvalue weighted by Crippen LogP contribution is 2.20. The van der Waals surface area contributed by atoms with Crippen molar-refractivity contribution in [3.8, 4) is 11.8 Å². The van der Waals surface area contributed by atoms with E-state index in [-0.39, 0.29) is 17.9 Å². The molecular weight excluding hydrogens is 231 g/mol. The predicted octanol–water partition coefficient (Wildman–Crippen LogP) is 2.63. The number of ether oxygens (including phenoxy) is 1. The highest BCUT2D eigenvalue weighted by molar-refractivity contribution is 5.43. The molecule has 0 atom stereocenters. The lowest BCUT2D eigenvalue weighted by atomic mass is 10.2. The van der Waals surface area contributed by atoms with Gasteiger partial charge in [0.2, 0.25) is 0 Å². The number of rotatable bonds is 6. The summed E-state index contributed by atoms with van der Waals surface area (Å²) in [5.41, 5.74) is 0.777. The van der Waals surface area contributed by atoms with E-state index in [1.165, 1.54) is 12.1 Å². The molecule has 0 radical (unpaired) electrons. The topological polar surface area (TPSA) is 45.0 Å². The van der Waals surface area contributed by atoms with Crippen LogP contribution < -0.4 is 10.1 Å². The molecule has 0 aliphatic heterocycles. The summed E-state index contributed by atoms with van der Waals surface area (Å²) < 4.78 is 18.7. The van der Waals surface area contributed by atoms with Gasteiger partial charge in [0.1, 0.15) is 29.8 Å². The van der Waals surface area contributed by atoms with Gasteiger partial charge in [-0.1, -0.05) is 26.5 Å². The molecule has 1 rings (SSSR count). The minimum Gasteiger partial charge on any atom is -0.488 e. The number of nitriles is 1. The van der Waals surface area contributed by atoms with E-state index in [1.807, 2.05) is 13.8 Å². The second-order valence-electron chi connectivity index (χ2n) is 4.30. The van der Waals surface area contributed by atoms with Crippen molar-refractivity contribution in [3.05, 3.63) is 41.7 Å². The van der Waals surface area contributed by atoms with Crippen molar-refractivity contribution in [2.24, 2.45) is 0 Å². The van der Waals surface area contributed by atoms with Crippen LogP contribution in [-0.2, 0) is 0 Å². The molecule has 0 fully saturated rings. The first-order chi connectivity index (χ1) is 8.54. The van der Waals surface area contributed by atoms with Crippen LogP contribution in [-0.4, -0.2) is 19.2 Å². The zero-order chi connectivity index (χ0) is 13.5. The minimum absolute atomic E-state index is 0.0675. The van der Waals surface area contributed by atoms with Crippen LogP contribution in [0.4, 0.5) is 4.39 Å². The largest absolute Gasteiger partial charge is 0.488 e. The van der Waals surface area contributed by atoms with Crippen LogP contribution in [0.1, 0.15) is 19.4 Å². The van der Waals surface area contributed by atoms with E-state index in [4.69, 9.17) is 10.00 Å². The fourth-order valence-corrected chi connectivity index (χ4v) is 1.31. The number of halogens is 1. The monoisotopic (exact) mass is 248 g/mol. The van der Waals surface area contributed by atoms with E-state index in [9.17, 15) is 4.39 Å². The van der Waals surface area contributed by atoms with Gasteiger partial charge >= 0.3 is 0 Å². The number of hydrogen-bond donors (Lipinski definition) is 1. The third kappa shape index (κ3) is 4.19. The molecule has 0 heterocycles. The maximum atomic E-state index is 13.3. The Morgan fingerprint density at radius 2 is 2.28 bits per heavy atom. The summed E-state index contributed by atoms with van der Waals surface area (Å²) in [7, 11) is 0. The molecule has 0 amide bonds. The van der Waals surface area contributed by atoms with E-state index < -0.39 is 5.82 Å². The maximum absolute atomic E-state index is 13.3. The maximum Gasteiger partial charge on any atom is 0.144 e. The Morgan fingerprint density at radius 3 is 2.89 bits per heavy atom. The van der Waals surface area contributed by atoms with Crippen LogP contribution in [0.5, 0.6) is 5.75 Å². The lowest BCUT2D eigenvalue weighted by Gasteiger charge is -2.12. The molecule has 0 aromatic heterocycles. The molecule has 18 heavy (non-hydrogen) atoms. The molecular formula is C14H17FN2O. The summed E-state index contributed by atoms with van der Waals surface area (Å²) in [5, 5.41) is 12.0. The minimum atomic E-state index is -0.569. The van der Waals surface area contributed by atoms with Gasteiger partial charge in [0.25, 0.3) is 0 Å². The van der Waals surface area contributed by atoms with Crippen molar-refractivity contribution < 1.29 is 9.13 Å². The quantitative estimate of drug-likeness (QED) is 0.787. The van der Waals surface area contributed by atoms with Gasteiger partial charge in [-0.25, -0.2) is 4.39 Å². The Balaban J connectivity index is 2.57. The van der Waals surface area contributed by atoms with Gasteiger partial charge in [-0.15, -0.1) is 0 Å². The highest BCUT2D eigenvalue weighted by Gasteiger charge is 2.09. The Hall–Kier alpha value is -1.86. The van der Waals surface area contributed by atoms with Gasteiger partial charge in [0, 0.05) is 12.6 Å². The molecule has 96 valence electrons. The Kier molecular flexibility index (Phi) is 5.34. The van der Waals surface area contributed by atoms with Gasteiger partial charge in [-0.05, 0) is 17.7 Å². The lowest BCUT2D eigenvalue weighted by molar-refractivity contribution is 0.344. The molecule has 0 aliphatic carbocycles. The molecule has 0 saturated heterocycles. The van der Waals surface area contributed by atoms with Gasteiger partial charge < -0.3 is 10.1 Å². The lowest BCUT2D eigenvalue weighted by Crippen LogP contribution is -2.26. The first-order valence-corrected chi connectivity index (χ1v) is 5.76. The van der Waals surface area contributed by atoms with Gasteiger partial charge in [-0.2, -0.15) is 5.26 Å². The third-order valence-electron chi connectivity index (χ3n) is 2.28. The van der Waals surface area contributed by atoms with Gasteiger partial charge in [0.15, 0.2) is 0 Å². The van der Waals surface area contributed by atoms with Crippen molar-refractivity contribution in [1.29, 1.82) is 5.26 Å². The molecule has 1 aromatic carbocycles. The van der Waals surface area contributed by atoms with E-state index >= 15 is 0 Å². The smallest absolute Gasteiger partial charge is 0.144 e. The summed E-state index contributed by atoms with van der Waals surface area (Å²) in [4.78, 5) is 0. The first-order valence-electron chi connectivity index (χ1n) is 5.76. The molecule has 0 saturated carbocycles. The van der Waals surface area contributed by atoms with Crippen LogP contribution in [0.15, 0.2) is 30.4 Å². The Labute approximate surface area is 107 Å². The van der Waals surface area contributed by atoms with Crippen LogP contribution >= 0.6 is 0 Å². The third-order valence-corrected chi connectivity index (χ3v) is 2.28. The second-order valence-corrected chi connectivity index (χ2v) is 4.30. The zero-order valence-electron chi connectivity index (χ0n) is 10.7. The van der Waals surface area contributed by atoms with Crippen molar-refractivity contribution in [2.45, 2.75) is 19.9 Å². The molecule has 4 heteroatoms. The van der Waals surface area contributed by atoms with Gasteiger partial charge in [-0.3, -0.25) is 0 Å². The van der Waals surface area contributed by atoms with Gasteiger partial charge in [0.05, 0.1) is 0 Å². The number of nitrogens with one attached hydrogen (secondary N) is 1. The summed E-state index contributed by atoms with van der Waals surface area (Å²) in [5.74, 6) is -0.316. The van der Waals surface area contributed by atoms with Crippen molar-refractivity contribution >= 4 is 0 Å². The van der Waals surface area contributed by atoms with Crippen LogP contribution in [0, 0.1) is 17.1 Å². The zero-order valence-corrected chi connectivity index (χ0v) is 10.7. The van der Waals surface area contributed by atoms with E-state index in [2.05, 4.69) is 11.9 Å². The fourth-order valence-electron chi connectivity index (χ4n) is 1.31. The number of nitrogens with zero attached hydrogens (tertiary/aromatic N) is 1. The molecule has 3 nitrogen and oxygen atoms in total. The fraction of sp³-hybridized carbons (Fsp3) is 0.357. The van der Waals surface area contributed by atoms with Crippen LogP contribution in [0.3, 0.4) is 0 Å². The van der Waals surface area contributed by atoms with E-state index in [1.54, 1.807) is 12.1 Å². The molecule has 1 aromatic rings. The van der Waals surface area contributed by atoms with Crippen LogP contribution in [0.2, 0.25) is 0 Å². The summed E-state index contributed by atoms with van der Waals surface area (Å²) in [6, 6.07) is 6.48. The molecule has 1 N–H and O–H groups in total. The average molecular weight is 248 g/mol. The number of benzene rings is 1. The first kappa shape index (κ1) is 14.2. The van der Waals surface area contributed by atoms with Crippen molar-refractivity contribution in [2.75, 3.05) is 13.2 Å². The summed E-state index contributed by atoms with van der Waals surface area (Å²) >= 11 is 0.